The standard InChI is InChI=1S/C36H30F4N2O3/c1-41-34(44)32-29-19-28(30(16-17-36(38,39)40)42-35(29)45-33(32)23-12-14-26(37)15-13-23)24-8-5-9-25(18-24)31(43)20-27(22-10-11-22)21-6-3-2-4-7-21/h2-9,12-15,18-19,22,27H,10-11,16-17,20H2,1H3,(H,41,44). The number of pyridine rings is 1. The van der Waals surface area contributed by atoms with Crippen molar-refractivity contribution in [1.82, 2.24) is 10.3 Å². The number of aromatic nitrogens is 1. The van der Waals surface area contributed by atoms with Gasteiger partial charge in [0.2, 0.25) is 5.71 Å². The average molecular weight is 615 g/mol. The molecule has 5 aromatic rings. The summed E-state index contributed by atoms with van der Waals surface area (Å²) in [7, 11) is 1.45. The predicted octanol–water partition coefficient (Wildman–Crippen LogP) is 8.92. The molecule has 1 atom stereocenters. The van der Waals surface area contributed by atoms with Crippen LogP contribution in [-0.2, 0) is 6.42 Å². The van der Waals surface area contributed by atoms with E-state index in [1.807, 2.05) is 30.3 Å². The van der Waals surface area contributed by atoms with Gasteiger partial charge < -0.3 is 9.73 Å². The highest BCUT2D eigenvalue weighted by atomic mass is 19.4. The molecule has 0 spiro atoms. The lowest BCUT2D eigenvalue weighted by atomic mass is 9.87. The zero-order chi connectivity index (χ0) is 31.7. The van der Waals surface area contributed by atoms with Crippen molar-refractivity contribution in [3.63, 3.8) is 0 Å². The topological polar surface area (TPSA) is 72.2 Å². The second kappa shape index (κ2) is 12.3. The Labute approximate surface area is 257 Å². The minimum absolute atomic E-state index is 0.0174. The molecule has 0 aliphatic heterocycles. The van der Waals surface area contributed by atoms with E-state index >= 15 is 0 Å². The molecule has 6 rings (SSSR count). The molecule has 1 N–H and O–H groups in total. The first-order chi connectivity index (χ1) is 21.6. The summed E-state index contributed by atoms with van der Waals surface area (Å²) in [6, 6.07) is 23.7. The van der Waals surface area contributed by atoms with Crippen molar-refractivity contribution in [2.75, 3.05) is 7.05 Å². The number of hydrogen-bond acceptors (Lipinski definition) is 4. The van der Waals surface area contributed by atoms with E-state index in [1.54, 1.807) is 30.3 Å². The fraction of sp³-hybridized carbons (Fsp3) is 0.250. The Kier molecular flexibility index (Phi) is 8.27. The average Bonchev–Trinajstić information content (AvgIpc) is 3.82. The van der Waals surface area contributed by atoms with Gasteiger partial charge in [-0.25, -0.2) is 9.37 Å². The van der Waals surface area contributed by atoms with Crippen molar-refractivity contribution in [3.05, 3.63) is 113 Å². The van der Waals surface area contributed by atoms with Crippen LogP contribution in [0.3, 0.4) is 0 Å². The van der Waals surface area contributed by atoms with Crippen molar-refractivity contribution < 1.29 is 31.6 Å². The van der Waals surface area contributed by atoms with Gasteiger partial charge in [-0.2, -0.15) is 13.2 Å². The summed E-state index contributed by atoms with van der Waals surface area (Å²) >= 11 is 0. The molecule has 2 heterocycles. The number of fused-ring (bicyclic) bond motifs is 1. The number of nitrogens with zero attached hydrogens (tertiary/aromatic N) is 1. The molecular formula is C36H30F4N2O3. The summed E-state index contributed by atoms with van der Waals surface area (Å²) in [5.41, 5.74) is 3.06. The zero-order valence-corrected chi connectivity index (χ0v) is 24.5. The molecule has 0 bridgehead atoms. The molecule has 3 aromatic carbocycles. The highest BCUT2D eigenvalue weighted by molar-refractivity contribution is 6.11. The van der Waals surface area contributed by atoms with Gasteiger partial charge in [0.25, 0.3) is 5.91 Å². The lowest BCUT2D eigenvalue weighted by Crippen LogP contribution is -2.18. The van der Waals surface area contributed by atoms with Gasteiger partial charge in [-0.15, -0.1) is 0 Å². The summed E-state index contributed by atoms with van der Waals surface area (Å²) in [6.07, 6.45) is -3.53. The normalized spacial score (nSPS) is 14.0. The van der Waals surface area contributed by atoms with Crippen LogP contribution in [0.4, 0.5) is 17.6 Å². The number of furan rings is 1. The van der Waals surface area contributed by atoms with E-state index in [-0.39, 0.29) is 39.8 Å². The molecule has 1 fully saturated rings. The highest BCUT2D eigenvalue weighted by Crippen LogP contribution is 2.45. The molecule has 1 saturated carbocycles. The first kappa shape index (κ1) is 30.2. The number of benzene rings is 3. The van der Waals surface area contributed by atoms with Gasteiger partial charge in [0.05, 0.1) is 16.6 Å². The third-order valence-electron chi connectivity index (χ3n) is 8.29. The van der Waals surface area contributed by atoms with E-state index in [0.29, 0.717) is 34.6 Å². The number of ketones is 1. The Hall–Kier alpha value is -4.79. The Morgan fingerprint density at radius 1 is 0.956 bits per heavy atom. The number of aryl methyl sites for hydroxylation is 1. The summed E-state index contributed by atoms with van der Waals surface area (Å²) in [5, 5.41) is 2.86. The van der Waals surface area contributed by atoms with E-state index in [9.17, 15) is 27.2 Å². The maximum absolute atomic E-state index is 13.7. The maximum Gasteiger partial charge on any atom is 0.389 e. The van der Waals surface area contributed by atoms with Crippen molar-refractivity contribution in [1.29, 1.82) is 0 Å². The molecule has 1 unspecified atom stereocenters. The monoisotopic (exact) mass is 614 g/mol. The second-order valence-corrected chi connectivity index (χ2v) is 11.4. The number of rotatable bonds is 10. The summed E-state index contributed by atoms with van der Waals surface area (Å²) in [4.78, 5) is 31.2. The molecule has 9 heteroatoms. The molecule has 1 amide bonds. The highest BCUT2D eigenvalue weighted by Gasteiger charge is 2.34. The minimum atomic E-state index is -4.43. The Morgan fingerprint density at radius 2 is 1.69 bits per heavy atom. The zero-order valence-electron chi connectivity index (χ0n) is 24.5. The van der Waals surface area contributed by atoms with Gasteiger partial charge >= 0.3 is 6.18 Å². The molecule has 0 radical (unpaired) electrons. The van der Waals surface area contributed by atoms with Gasteiger partial charge in [0, 0.05) is 36.6 Å². The van der Waals surface area contributed by atoms with Crippen LogP contribution in [0, 0.1) is 11.7 Å². The van der Waals surface area contributed by atoms with Crippen LogP contribution in [0.15, 0.2) is 89.3 Å². The van der Waals surface area contributed by atoms with Crippen LogP contribution in [0.25, 0.3) is 33.6 Å². The predicted molar refractivity (Wildman–Crippen MR) is 163 cm³/mol. The SMILES string of the molecule is CNC(=O)c1c(-c2ccc(F)cc2)oc2nc(CCC(F)(F)F)c(-c3cccc(C(=O)CC(c4ccccc4)C4CC4)c3)cc12. The lowest BCUT2D eigenvalue weighted by molar-refractivity contribution is -0.134. The van der Waals surface area contributed by atoms with Crippen LogP contribution < -0.4 is 5.32 Å². The first-order valence-corrected chi connectivity index (χ1v) is 14.8. The number of carbonyl (C=O) groups excluding carboxylic acids is 2. The van der Waals surface area contributed by atoms with Crippen molar-refractivity contribution >= 4 is 22.8 Å². The van der Waals surface area contributed by atoms with Gasteiger partial charge in [0.1, 0.15) is 11.6 Å². The molecule has 45 heavy (non-hydrogen) atoms. The van der Waals surface area contributed by atoms with Crippen LogP contribution in [0.1, 0.15) is 63.6 Å². The number of Topliss-reactive ketones (excluding diaryl/α,β-unsaturated/α-hetero) is 1. The quantitative estimate of drug-likeness (QED) is 0.126. The van der Waals surface area contributed by atoms with E-state index in [1.165, 1.54) is 31.3 Å². The Balaban J connectivity index is 1.44. The smallest absolute Gasteiger partial charge is 0.389 e. The Bertz CT molecular complexity index is 1860. The number of nitrogens with one attached hydrogen (secondary N) is 1. The van der Waals surface area contributed by atoms with Gasteiger partial charge in [-0.1, -0.05) is 48.5 Å². The fourth-order valence-corrected chi connectivity index (χ4v) is 5.85. The fourth-order valence-electron chi connectivity index (χ4n) is 5.85. The van der Waals surface area contributed by atoms with Gasteiger partial charge in [0.15, 0.2) is 5.78 Å². The summed E-state index contributed by atoms with van der Waals surface area (Å²) in [6.45, 7) is 0. The van der Waals surface area contributed by atoms with Crippen LogP contribution in [0.2, 0.25) is 0 Å². The number of alkyl halides is 3. The molecule has 5 nitrogen and oxygen atoms in total. The third kappa shape index (κ3) is 6.67. The number of hydrogen-bond donors (Lipinski definition) is 1. The summed E-state index contributed by atoms with van der Waals surface area (Å²) < 4.78 is 59.8. The first-order valence-electron chi connectivity index (χ1n) is 14.8. The van der Waals surface area contributed by atoms with Gasteiger partial charge in [-0.05, 0) is 78.6 Å². The maximum atomic E-state index is 13.7. The van der Waals surface area contributed by atoms with E-state index in [2.05, 4.69) is 10.3 Å². The van der Waals surface area contributed by atoms with E-state index in [0.717, 1.165) is 18.4 Å². The molecular weight excluding hydrogens is 584 g/mol. The minimum Gasteiger partial charge on any atom is -0.437 e. The molecule has 230 valence electrons. The molecule has 2 aromatic heterocycles. The van der Waals surface area contributed by atoms with Crippen LogP contribution >= 0.6 is 0 Å². The molecule has 1 aliphatic carbocycles. The van der Waals surface area contributed by atoms with Crippen molar-refractivity contribution in [2.45, 2.75) is 44.2 Å². The Morgan fingerprint density at radius 3 is 2.36 bits per heavy atom. The second-order valence-electron chi connectivity index (χ2n) is 11.4. The third-order valence-corrected chi connectivity index (χ3v) is 8.29. The molecule has 0 saturated heterocycles. The summed E-state index contributed by atoms with van der Waals surface area (Å²) in [5.74, 6) is -0.385. The number of carbonyl (C=O) groups is 2. The van der Waals surface area contributed by atoms with Crippen LogP contribution in [-0.4, -0.2) is 29.9 Å². The van der Waals surface area contributed by atoms with E-state index in [4.69, 9.17) is 4.42 Å². The van der Waals surface area contributed by atoms with Crippen molar-refractivity contribution in [3.8, 4) is 22.5 Å². The number of amides is 1. The van der Waals surface area contributed by atoms with Crippen LogP contribution in [0.5, 0.6) is 0 Å². The largest absolute Gasteiger partial charge is 0.437 e. The number of halogens is 4. The van der Waals surface area contributed by atoms with Gasteiger partial charge in [-0.3, -0.25) is 9.59 Å². The van der Waals surface area contributed by atoms with Crippen molar-refractivity contribution in [2.24, 2.45) is 5.92 Å². The molecule has 1 aliphatic rings. The van der Waals surface area contributed by atoms with E-state index < -0.39 is 30.7 Å². The lowest BCUT2D eigenvalue weighted by Gasteiger charge is -2.17.